The van der Waals surface area contributed by atoms with Gasteiger partial charge in [-0.3, -0.25) is 0 Å². The van der Waals surface area contributed by atoms with Crippen LogP contribution in [0.4, 0.5) is 23.7 Å². The molecule has 1 amide bonds. The van der Waals surface area contributed by atoms with Gasteiger partial charge >= 0.3 is 18.2 Å². The number of carbonyl (C=O) groups excluding carboxylic acids is 1. The number of aliphatic carboxylic acids is 1. The molecule has 26 heavy (non-hydrogen) atoms. The second kappa shape index (κ2) is 8.07. The molecule has 0 aliphatic carbocycles. The van der Waals surface area contributed by atoms with Gasteiger partial charge in [-0.2, -0.15) is 13.2 Å². The number of carboxylic acids is 1. The minimum Gasteiger partial charge on any atom is -0.480 e. The number of aryl methyl sites for hydroxylation is 1. The zero-order valence-corrected chi connectivity index (χ0v) is 15.5. The summed E-state index contributed by atoms with van der Waals surface area (Å²) in [7, 11) is 0. The Morgan fingerprint density at radius 3 is 2.31 bits per heavy atom. The predicted octanol–water partition coefficient (Wildman–Crippen LogP) is 3.67. The molecule has 0 aliphatic heterocycles. The number of alkyl halides is 3. The van der Waals surface area contributed by atoms with E-state index in [1.54, 1.807) is 20.8 Å². The molecule has 0 aromatic heterocycles. The van der Waals surface area contributed by atoms with Crippen LogP contribution >= 0.6 is 11.8 Å². The average Bonchev–Trinajstić information content (AvgIpc) is 2.41. The minimum atomic E-state index is -4.52. The van der Waals surface area contributed by atoms with Crippen molar-refractivity contribution in [2.75, 3.05) is 11.5 Å². The monoisotopic (exact) mass is 394 g/mol. The summed E-state index contributed by atoms with van der Waals surface area (Å²) in [6.07, 6.45) is -5.42. The number of carboxylic acid groups (broad SMARTS) is 1. The first-order valence-electron chi connectivity index (χ1n) is 7.53. The van der Waals surface area contributed by atoms with Gasteiger partial charge in [-0.05, 0) is 45.4 Å². The van der Waals surface area contributed by atoms with E-state index >= 15 is 0 Å². The maximum absolute atomic E-state index is 12.8. The number of carbonyl (C=O) groups is 2. The Labute approximate surface area is 153 Å². The van der Waals surface area contributed by atoms with E-state index in [1.165, 1.54) is 6.92 Å². The fraction of sp³-hybridized carbons (Fsp3) is 0.500. The van der Waals surface area contributed by atoms with Crippen LogP contribution in [0.25, 0.3) is 0 Å². The highest BCUT2D eigenvalue weighted by Crippen LogP contribution is 2.36. The summed E-state index contributed by atoms with van der Waals surface area (Å²) in [5.41, 5.74) is 4.17. The van der Waals surface area contributed by atoms with E-state index in [0.717, 1.165) is 23.9 Å². The SMILES string of the molecule is Cc1cc(C(F)(F)F)cc(N)c1SC[C@H](NC(=O)OC(C)(C)C)C(=O)O. The van der Waals surface area contributed by atoms with E-state index in [2.05, 4.69) is 5.32 Å². The molecule has 0 unspecified atom stereocenters. The summed E-state index contributed by atoms with van der Waals surface area (Å²) in [6, 6.07) is 0.443. The molecule has 0 saturated heterocycles. The van der Waals surface area contributed by atoms with Gasteiger partial charge in [-0.25, -0.2) is 9.59 Å². The van der Waals surface area contributed by atoms with Crippen LogP contribution in [-0.2, 0) is 15.7 Å². The standard InChI is InChI=1S/C16H21F3N2O4S/c1-8-5-9(16(17,18)19)6-10(20)12(8)26-7-11(13(22)23)21-14(24)25-15(2,3)4/h5-6,11H,7,20H2,1-4H3,(H,21,24)(H,22,23)/t11-/m0/s1. The Morgan fingerprint density at radius 1 is 1.31 bits per heavy atom. The molecule has 6 nitrogen and oxygen atoms in total. The number of rotatable bonds is 5. The number of anilines is 1. The lowest BCUT2D eigenvalue weighted by Crippen LogP contribution is -2.44. The van der Waals surface area contributed by atoms with Crippen molar-refractivity contribution in [1.82, 2.24) is 5.32 Å². The van der Waals surface area contributed by atoms with Crippen LogP contribution in [0.2, 0.25) is 0 Å². The number of thioether (sulfide) groups is 1. The van der Waals surface area contributed by atoms with Gasteiger partial charge in [-0.15, -0.1) is 11.8 Å². The highest BCUT2D eigenvalue weighted by molar-refractivity contribution is 7.99. The number of nitrogens with one attached hydrogen (secondary N) is 1. The number of halogens is 3. The highest BCUT2D eigenvalue weighted by Gasteiger charge is 2.32. The molecule has 0 radical (unpaired) electrons. The van der Waals surface area contributed by atoms with Gasteiger partial charge in [-0.1, -0.05) is 0 Å². The number of hydrogen-bond donors (Lipinski definition) is 3. The quantitative estimate of drug-likeness (QED) is 0.520. The summed E-state index contributed by atoms with van der Waals surface area (Å²) in [5.74, 6) is -1.43. The van der Waals surface area contributed by atoms with Crippen LogP contribution < -0.4 is 11.1 Å². The number of benzene rings is 1. The van der Waals surface area contributed by atoms with Crippen molar-refractivity contribution in [3.63, 3.8) is 0 Å². The lowest BCUT2D eigenvalue weighted by Gasteiger charge is -2.22. The number of nitrogens with two attached hydrogens (primary N) is 1. The molecule has 4 N–H and O–H groups in total. The topological polar surface area (TPSA) is 102 Å². The van der Waals surface area contributed by atoms with E-state index in [-0.39, 0.29) is 17.0 Å². The number of ether oxygens (including phenoxy) is 1. The molecular weight excluding hydrogens is 373 g/mol. The van der Waals surface area contributed by atoms with Gasteiger partial charge in [0, 0.05) is 16.3 Å². The van der Waals surface area contributed by atoms with Crippen LogP contribution in [0.5, 0.6) is 0 Å². The molecule has 10 heteroatoms. The highest BCUT2D eigenvalue weighted by atomic mass is 32.2. The Bertz CT molecular complexity index is 664. The van der Waals surface area contributed by atoms with Gasteiger partial charge in [0.05, 0.1) is 5.56 Å². The second-order valence-electron chi connectivity index (χ2n) is 6.56. The third-order valence-electron chi connectivity index (χ3n) is 3.01. The van der Waals surface area contributed by atoms with E-state index in [0.29, 0.717) is 4.90 Å². The lowest BCUT2D eigenvalue weighted by molar-refractivity contribution is -0.139. The fourth-order valence-corrected chi connectivity index (χ4v) is 3.02. The molecule has 0 saturated carbocycles. The third kappa shape index (κ3) is 6.66. The first kappa shape index (κ1) is 21.9. The first-order valence-corrected chi connectivity index (χ1v) is 8.51. The van der Waals surface area contributed by atoms with Crippen LogP contribution in [0.3, 0.4) is 0 Å². The maximum Gasteiger partial charge on any atom is 0.416 e. The summed E-state index contributed by atoms with van der Waals surface area (Å²) in [6.45, 7) is 6.33. The zero-order chi connectivity index (χ0) is 20.3. The smallest absolute Gasteiger partial charge is 0.416 e. The second-order valence-corrected chi connectivity index (χ2v) is 7.59. The van der Waals surface area contributed by atoms with Crippen molar-refractivity contribution in [2.45, 2.75) is 50.4 Å². The molecule has 0 bridgehead atoms. The number of nitrogen functional groups attached to an aromatic ring is 1. The van der Waals surface area contributed by atoms with Crippen molar-refractivity contribution in [2.24, 2.45) is 0 Å². The van der Waals surface area contributed by atoms with Gasteiger partial charge in [0.25, 0.3) is 0 Å². The van der Waals surface area contributed by atoms with Crippen molar-refractivity contribution >= 4 is 29.5 Å². The number of alkyl carbamates (subject to hydrolysis) is 1. The predicted molar refractivity (Wildman–Crippen MR) is 92.1 cm³/mol. The number of hydrogen-bond acceptors (Lipinski definition) is 5. The van der Waals surface area contributed by atoms with Gasteiger partial charge in [0.2, 0.25) is 0 Å². The van der Waals surface area contributed by atoms with Crippen LogP contribution in [-0.4, -0.2) is 34.6 Å². The van der Waals surface area contributed by atoms with Gasteiger partial charge < -0.3 is 20.9 Å². The first-order chi connectivity index (χ1) is 11.7. The summed E-state index contributed by atoms with van der Waals surface area (Å²) >= 11 is 0.946. The van der Waals surface area contributed by atoms with Gasteiger partial charge in [0.15, 0.2) is 0 Å². The van der Waals surface area contributed by atoms with Crippen molar-refractivity contribution in [3.8, 4) is 0 Å². The van der Waals surface area contributed by atoms with Crippen molar-refractivity contribution < 1.29 is 32.6 Å². The van der Waals surface area contributed by atoms with Gasteiger partial charge in [0.1, 0.15) is 11.6 Å². The Balaban J connectivity index is 2.87. The molecule has 1 atom stereocenters. The lowest BCUT2D eigenvalue weighted by atomic mass is 10.1. The van der Waals surface area contributed by atoms with Crippen LogP contribution in [0.1, 0.15) is 31.9 Å². The molecule has 0 aliphatic rings. The molecule has 146 valence electrons. The summed E-state index contributed by atoms with van der Waals surface area (Å²) < 4.78 is 43.3. The molecular formula is C16H21F3N2O4S. The van der Waals surface area contributed by atoms with E-state index in [9.17, 15) is 27.9 Å². The van der Waals surface area contributed by atoms with Crippen LogP contribution in [0, 0.1) is 6.92 Å². The Kier molecular flexibility index (Phi) is 6.81. The van der Waals surface area contributed by atoms with Crippen molar-refractivity contribution in [1.29, 1.82) is 0 Å². The zero-order valence-electron chi connectivity index (χ0n) is 14.7. The molecule has 1 rings (SSSR count). The Hall–Kier alpha value is -2.10. The van der Waals surface area contributed by atoms with E-state index in [4.69, 9.17) is 10.5 Å². The molecule has 1 aromatic carbocycles. The summed E-state index contributed by atoms with van der Waals surface area (Å²) in [4.78, 5) is 23.4. The molecule has 0 fully saturated rings. The third-order valence-corrected chi connectivity index (χ3v) is 4.36. The fourth-order valence-electron chi connectivity index (χ4n) is 1.95. The normalized spacial score (nSPS) is 13.2. The molecule has 1 aromatic rings. The Morgan fingerprint density at radius 2 is 1.88 bits per heavy atom. The maximum atomic E-state index is 12.8. The molecule has 0 heterocycles. The minimum absolute atomic E-state index is 0.108. The van der Waals surface area contributed by atoms with E-state index < -0.39 is 35.4 Å². The average molecular weight is 394 g/mol. The summed E-state index contributed by atoms with van der Waals surface area (Å²) in [5, 5.41) is 11.4. The molecule has 0 spiro atoms. The number of amides is 1. The van der Waals surface area contributed by atoms with Crippen molar-refractivity contribution in [3.05, 3.63) is 23.3 Å². The van der Waals surface area contributed by atoms with E-state index in [1.807, 2.05) is 0 Å². The largest absolute Gasteiger partial charge is 0.480 e. The van der Waals surface area contributed by atoms with Crippen LogP contribution in [0.15, 0.2) is 17.0 Å².